The Morgan fingerprint density at radius 2 is 1.69 bits per heavy atom. The number of hydrogen-bond donors (Lipinski definition) is 3. The Morgan fingerprint density at radius 3 is 2.21 bits per heavy atom. The lowest BCUT2D eigenvalue weighted by atomic mass is 9.90. The molecule has 2 unspecified atom stereocenters. The first-order valence-corrected chi connectivity index (χ1v) is 10.8. The fourth-order valence-corrected chi connectivity index (χ4v) is 6.28. The fraction of sp³-hybridized carbons (Fsp3) is 0.556. The van der Waals surface area contributed by atoms with Crippen molar-refractivity contribution in [1.29, 1.82) is 0 Å². The Balaban J connectivity index is 1.75. The van der Waals surface area contributed by atoms with E-state index in [9.17, 15) is 32.6 Å². The zero-order valence-electron chi connectivity index (χ0n) is 15.7. The molecule has 2 heterocycles. The molecule has 2 fully saturated rings. The second-order valence-electron chi connectivity index (χ2n) is 7.54. The van der Waals surface area contributed by atoms with Gasteiger partial charge in [0.15, 0.2) is 5.60 Å². The number of carbonyl (C=O) groups is 2. The predicted octanol–water partition coefficient (Wildman–Crippen LogP) is 0.304. The van der Waals surface area contributed by atoms with Crippen molar-refractivity contribution in [2.24, 2.45) is 5.73 Å². The van der Waals surface area contributed by atoms with Crippen LogP contribution in [0, 0.1) is 5.82 Å². The SMILES string of the molecule is NC(=O)N1CCC(S(=O)(=O)N2CCC(c3ccc(F)cc3)CC2)C(O)(C(=O)O)C1. The standard InChI is InChI=1S/C18H24FN3O6S/c19-14-3-1-12(2-4-14)13-5-9-22(10-6-13)29(27,28)15-7-8-21(17(20)25)11-18(15,26)16(23)24/h1-4,13,15,26H,5-11H2,(H2,20,25)(H,23,24). The van der Waals surface area contributed by atoms with Crippen molar-refractivity contribution in [3.63, 3.8) is 0 Å². The van der Waals surface area contributed by atoms with Crippen LogP contribution in [0.3, 0.4) is 0 Å². The number of sulfonamides is 1. The lowest BCUT2D eigenvalue weighted by molar-refractivity contribution is -0.162. The van der Waals surface area contributed by atoms with Gasteiger partial charge in [0.25, 0.3) is 0 Å². The van der Waals surface area contributed by atoms with E-state index in [0.717, 1.165) is 10.5 Å². The number of aliphatic hydroxyl groups is 1. The zero-order chi connectivity index (χ0) is 21.4. The first-order chi connectivity index (χ1) is 13.6. The molecule has 3 rings (SSSR count). The van der Waals surface area contributed by atoms with Crippen LogP contribution in [0.2, 0.25) is 0 Å². The average molecular weight is 429 g/mol. The van der Waals surface area contributed by atoms with Gasteiger partial charge in [-0.15, -0.1) is 0 Å². The molecule has 0 spiro atoms. The minimum Gasteiger partial charge on any atom is -0.479 e. The minimum absolute atomic E-state index is 0.0547. The first kappa shape index (κ1) is 21.5. The number of likely N-dealkylation sites (tertiary alicyclic amines) is 1. The van der Waals surface area contributed by atoms with Gasteiger partial charge < -0.3 is 20.8 Å². The molecule has 1 aromatic carbocycles. The molecule has 0 bridgehead atoms. The van der Waals surface area contributed by atoms with Crippen LogP contribution in [0.4, 0.5) is 9.18 Å². The van der Waals surface area contributed by atoms with Gasteiger partial charge in [0.05, 0.1) is 6.54 Å². The topological polar surface area (TPSA) is 141 Å². The Hall–Kier alpha value is -2.24. The number of benzene rings is 1. The van der Waals surface area contributed by atoms with E-state index >= 15 is 0 Å². The summed E-state index contributed by atoms with van der Waals surface area (Å²) in [4.78, 5) is 24.0. The highest BCUT2D eigenvalue weighted by Crippen LogP contribution is 2.34. The van der Waals surface area contributed by atoms with E-state index in [4.69, 9.17) is 5.73 Å². The van der Waals surface area contributed by atoms with Gasteiger partial charge in [-0.1, -0.05) is 12.1 Å². The number of amides is 2. The number of nitrogens with zero attached hydrogens (tertiary/aromatic N) is 2. The Kier molecular flexibility index (Phi) is 5.84. The monoisotopic (exact) mass is 429 g/mol. The van der Waals surface area contributed by atoms with Crippen LogP contribution < -0.4 is 5.73 Å². The minimum atomic E-state index is -4.14. The molecule has 9 nitrogen and oxygen atoms in total. The number of primary amides is 1. The second kappa shape index (κ2) is 7.88. The maximum Gasteiger partial charge on any atom is 0.339 e. The third kappa shape index (κ3) is 4.07. The van der Waals surface area contributed by atoms with Crippen LogP contribution in [0.15, 0.2) is 24.3 Å². The second-order valence-corrected chi connectivity index (χ2v) is 9.65. The van der Waals surface area contributed by atoms with Crippen molar-refractivity contribution >= 4 is 22.0 Å². The van der Waals surface area contributed by atoms with Gasteiger partial charge in [0.2, 0.25) is 10.0 Å². The number of β-amino-alcohol motifs (C(OH)–C–C–N with tert-alkyl or cyclic N) is 1. The summed E-state index contributed by atoms with van der Waals surface area (Å²) >= 11 is 0. The molecule has 29 heavy (non-hydrogen) atoms. The number of urea groups is 1. The molecule has 0 radical (unpaired) electrons. The molecule has 0 aromatic heterocycles. The highest BCUT2D eigenvalue weighted by atomic mass is 32.2. The van der Waals surface area contributed by atoms with E-state index in [2.05, 4.69) is 0 Å². The number of carbonyl (C=O) groups excluding carboxylic acids is 1. The molecule has 1 aromatic rings. The maximum atomic E-state index is 13.1. The van der Waals surface area contributed by atoms with Crippen molar-refractivity contribution in [2.75, 3.05) is 26.2 Å². The summed E-state index contributed by atoms with van der Waals surface area (Å²) in [6, 6.07) is 5.15. The molecule has 0 saturated carbocycles. The van der Waals surface area contributed by atoms with E-state index in [0.29, 0.717) is 12.8 Å². The quantitative estimate of drug-likeness (QED) is 0.629. The third-order valence-corrected chi connectivity index (χ3v) is 8.25. The van der Waals surface area contributed by atoms with Crippen LogP contribution >= 0.6 is 0 Å². The lowest BCUT2D eigenvalue weighted by Crippen LogP contribution is -2.66. The number of nitrogens with two attached hydrogens (primary N) is 1. The average Bonchev–Trinajstić information content (AvgIpc) is 2.68. The number of aliphatic carboxylic acids is 1. The van der Waals surface area contributed by atoms with Gasteiger partial charge >= 0.3 is 12.0 Å². The molecule has 2 atom stereocenters. The van der Waals surface area contributed by atoms with Crippen LogP contribution in [0.1, 0.15) is 30.7 Å². The Bertz CT molecular complexity index is 885. The molecule has 0 aliphatic carbocycles. The number of carboxylic acid groups (broad SMARTS) is 1. The van der Waals surface area contributed by atoms with Crippen molar-refractivity contribution < 1.29 is 32.6 Å². The number of carboxylic acids is 1. The molecular weight excluding hydrogens is 405 g/mol. The van der Waals surface area contributed by atoms with Gasteiger partial charge in [-0.25, -0.2) is 26.7 Å². The molecule has 2 amide bonds. The summed E-state index contributed by atoms with van der Waals surface area (Å²) in [7, 11) is -4.14. The number of hydrogen-bond acceptors (Lipinski definition) is 5. The van der Waals surface area contributed by atoms with E-state index < -0.39 is 39.4 Å². The van der Waals surface area contributed by atoms with Crippen LogP contribution in [0.5, 0.6) is 0 Å². The van der Waals surface area contributed by atoms with Crippen LogP contribution in [-0.4, -0.2) is 76.9 Å². The summed E-state index contributed by atoms with van der Waals surface area (Å²) < 4.78 is 40.6. The maximum absolute atomic E-state index is 13.1. The van der Waals surface area contributed by atoms with E-state index in [-0.39, 0.29) is 37.8 Å². The normalized spacial score (nSPS) is 27.0. The number of piperidine rings is 2. The molecular formula is C18H24FN3O6S. The van der Waals surface area contributed by atoms with Crippen molar-refractivity contribution in [1.82, 2.24) is 9.21 Å². The lowest BCUT2D eigenvalue weighted by Gasteiger charge is -2.43. The zero-order valence-corrected chi connectivity index (χ0v) is 16.5. The molecule has 160 valence electrons. The number of halogens is 1. The number of rotatable bonds is 4. The van der Waals surface area contributed by atoms with Crippen molar-refractivity contribution in [3.8, 4) is 0 Å². The molecule has 2 aliphatic rings. The molecule has 2 aliphatic heterocycles. The molecule has 2 saturated heterocycles. The first-order valence-electron chi connectivity index (χ1n) is 9.30. The van der Waals surface area contributed by atoms with Gasteiger partial charge in [-0.3, -0.25) is 0 Å². The highest BCUT2D eigenvalue weighted by Gasteiger charge is 2.56. The van der Waals surface area contributed by atoms with Gasteiger partial charge in [-0.2, -0.15) is 0 Å². The van der Waals surface area contributed by atoms with Gasteiger partial charge in [-0.05, 0) is 42.9 Å². The third-order valence-electron chi connectivity index (χ3n) is 5.82. The molecule has 11 heteroatoms. The fourth-order valence-electron chi connectivity index (χ4n) is 4.13. The van der Waals surface area contributed by atoms with E-state index in [1.54, 1.807) is 12.1 Å². The Labute approximate surface area is 167 Å². The molecule has 4 N–H and O–H groups in total. The van der Waals surface area contributed by atoms with E-state index in [1.165, 1.54) is 16.4 Å². The van der Waals surface area contributed by atoms with Gasteiger partial charge in [0, 0.05) is 19.6 Å². The highest BCUT2D eigenvalue weighted by molar-refractivity contribution is 7.89. The van der Waals surface area contributed by atoms with Gasteiger partial charge in [0.1, 0.15) is 11.1 Å². The smallest absolute Gasteiger partial charge is 0.339 e. The summed E-state index contributed by atoms with van der Waals surface area (Å²) in [5.41, 5.74) is 3.44. The Morgan fingerprint density at radius 1 is 1.10 bits per heavy atom. The summed E-state index contributed by atoms with van der Waals surface area (Å²) in [5.74, 6) is -1.99. The van der Waals surface area contributed by atoms with Crippen LogP contribution in [-0.2, 0) is 14.8 Å². The van der Waals surface area contributed by atoms with Crippen LogP contribution in [0.25, 0.3) is 0 Å². The largest absolute Gasteiger partial charge is 0.479 e. The van der Waals surface area contributed by atoms with Crippen molar-refractivity contribution in [2.45, 2.75) is 36.0 Å². The summed E-state index contributed by atoms with van der Waals surface area (Å²) in [6.07, 6.45) is 0.763. The van der Waals surface area contributed by atoms with Crippen molar-refractivity contribution in [3.05, 3.63) is 35.6 Å². The summed E-state index contributed by atoms with van der Waals surface area (Å²) in [6.45, 7) is -0.416. The summed E-state index contributed by atoms with van der Waals surface area (Å²) in [5, 5.41) is 18.6. The van der Waals surface area contributed by atoms with E-state index in [1.807, 2.05) is 0 Å². The predicted molar refractivity (Wildman–Crippen MR) is 101 cm³/mol.